The van der Waals surface area contributed by atoms with E-state index in [2.05, 4.69) is 5.32 Å². The van der Waals surface area contributed by atoms with Crippen LogP contribution < -0.4 is 5.32 Å². The Morgan fingerprint density at radius 1 is 1.10 bits per heavy atom. The van der Waals surface area contributed by atoms with Crippen molar-refractivity contribution >= 4 is 29.4 Å². The molecule has 0 fully saturated rings. The van der Waals surface area contributed by atoms with Crippen LogP contribution >= 0.6 is 0 Å². The Balaban J connectivity index is 3.14. The lowest BCUT2D eigenvalue weighted by Gasteiger charge is -2.16. The zero-order chi connectivity index (χ0) is 16.2. The minimum Gasteiger partial charge on any atom is -0.326 e. The van der Waals surface area contributed by atoms with Crippen LogP contribution in [0.1, 0.15) is 48.4 Å². The van der Waals surface area contributed by atoms with Gasteiger partial charge in [-0.15, -0.1) is 0 Å². The van der Waals surface area contributed by atoms with Crippen LogP contribution in [0.5, 0.6) is 0 Å². The van der Waals surface area contributed by atoms with Crippen molar-refractivity contribution in [3.05, 3.63) is 29.3 Å². The van der Waals surface area contributed by atoms with Gasteiger partial charge < -0.3 is 10.7 Å². The summed E-state index contributed by atoms with van der Waals surface area (Å²) >= 11 is 0. The van der Waals surface area contributed by atoms with Gasteiger partial charge in [-0.3, -0.25) is 14.4 Å². The Bertz CT molecular complexity index is 591. The number of carbonyl (C=O) groups excluding carboxylic acids is 3. The highest BCUT2D eigenvalue weighted by molar-refractivity contribution is 6.34. The molecule has 5 nitrogen and oxygen atoms in total. The first-order valence-corrected chi connectivity index (χ1v) is 6.78. The topological polar surface area (TPSA) is 87.1 Å². The fourth-order valence-electron chi connectivity index (χ4n) is 1.69. The van der Waals surface area contributed by atoms with Gasteiger partial charge in [0.25, 0.3) is 0 Å². The second-order valence-corrected chi connectivity index (χ2v) is 5.39. The molecule has 0 bridgehead atoms. The van der Waals surface area contributed by atoms with Gasteiger partial charge in [-0.2, -0.15) is 0 Å². The van der Waals surface area contributed by atoms with Crippen molar-refractivity contribution in [2.75, 3.05) is 5.32 Å². The molecule has 1 amide bonds. The molecule has 1 aromatic rings. The molecule has 21 heavy (non-hydrogen) atoms. The average molecular weight is 288 g/mol. The predicted molar refractivity (Wildman–Crippen MR) is 82.2 cm³/mol. The minimum absolute atomic E-state index is 0.168. The molecule has 0 aliphatic heterocycles. The maximum absolute atomic E-state index is 12.1. The molecule has 0 radical (unpaired) electrons. The molecule has 5 heteroatoms. The molecule has 112 valence electrons. The van der Waals surface area contributed by atoms with Crippen molar-refractivity contribution in [1.82, 2.24) is 0 Å². The Kier molecular flexibility index (Phi) is 5.52. The summed E-state index contributed by atoms with van der Waals surface area (Å²) in [6.07, 6.45) is 0.682. The van der Waals surface area contributed by atoms with E-state index in [0.717, 1.165) is 0 Å². The number of benzene rings is 1. The van der Waals surface area contributed by atoms with Gasteiger partial charge in [-0.05, 0) is 31.0 Å². The third-order valence-corrected chi connectivity index (χ3v) is 3.44. The third-order valence-electron chi connectivity index (χ3n) is 3.44. The number of nitrogens with one attached hydrogen (secondary N) is 2. The van der Waals surface area contributed by atoms with Gasteiger partial charge in [0, 0.05) is 22.7 Å². The van der Waals surface area contributed by atoms with E-state index in [0.29, 0.717) is 17.5 Å². The quantitative estimate of drug-likeness (QED) is 0.623. The van der Waals surface area contributed by atoms with Gasteiger partial charge >= 0.3 is 0 Å². The number of Topliss-reactive ketones (excluding diaryl/α,β-unsaturated/α-hetero) is 2. The van der Waals surface area contributed by atoms with Gasteiger partial charge in [0.1, 0.15) is 0 Å². The summed E-state index contributed by atoms with van der Waals surface area (Å²) in [5, 5.41) is 9.73. The van der Waals surface area contributed by atoms with E-state index >= 15 is 0 Å². The van der Waals surface area contributed by atoms with E-state index in [9.17, 15) is 14.4 Å². The molecule has 2 N–H and O–H groups in total. The lowest BCUT2D eigenvalue weighted by molar-refractivity contribution is -0.120. The molecule has 1 unspecified atom stereocenters. The Labute approximate surface area is 124 Å². The van der Waals surface area contributed by atoms with Crippen LogP contribution in [0.15, 0.2) is 18.2 Å². The van der Waals surface area contributed by atoms with E-state index in [1.54, 1.807) is 0 Å². The highest BCUT2D eigenvalue weighted by Crippen LogP contribution is 2.18. The van der Waals surface area contributed by atoms with E-state index in [1.807, 2.05) is 20.8 Å². The number of carbonyl (C=O) groups is 3. The first kappa shape index (κ1) is 16.8. The molecule has 0 saturated carbocycles. The smallest absolute Gasteiger partial charge is 0.227 e. The summed E-state index contributed by atoms with van der Waals surface area (Å²) in [6.45, 7) is 7.09. The normalized spacial score (nSPS) is 11.9. The second-order valence-electron chi connectivity index (χ2n) is 5.39. The number of ketones is 2. The van der Waals surface area contributed by atoms with Crippen LogP contribution in [0, 0.1) is 17.2 Å². The summed E-state index contributed by atoms with van der Waals surface area (Å²) in [6, 6.07) is 4.44. The number of rotatable bonds is 6. The molecular weight excluding hydrogens is 268 g/mol. The van der Waals surface area contributed by atoms with Crippen LogP contribution in [0.4, 0.5) is 5.69 Å². The molecule has 1 atom stereocenters. The molecule has 1 aromatic carbocycles. The van der Waals surface area contributed by atoms with Gasteiger partial charge in [0.15, 0.2) is 5.78 Å². The molecule has 0 aromatic heterocycles. The highest BCUT2D eigenvalue weighted by Gasteiger charge is 2.18. The first-order valence-electron chi connectivity index (χ1n) is 6.78. The fraction of sp³-hybridized carbons (Fsp3) is 0.375. The summed E-state index contributed by atoms with van der Waals surface area (Å²) in [7, 11) is 0. The molecule has 0 saturated heterocycles. The van der Waals surface area contributed by atoms with Crippen LogP contribution in [0.25, 0.3) is 0 Å². The van der Waals surface area contributed by atoms with E-state index in [1.165, 1.54) is 25.1 Å². The zero-order valence-corrected chi connectivity index (χ0v) is 12.7. The summed E-state index contributed by atoms with van der Waals surface area (Å²) in [5.41, 5.74) is 0.936. The van der Waals surface area contributed by atoms with Crippen molar-refractivity contribution in [3.8, 4) is 0 Å². The lowest BCUT2D eigenvalue weighted by Crippen LogP contribution is -2.24. The molecule has 0 aliphatic carbocycles. The van der Waals surface area contributed by atoms with Crippen molar-refractivity contribution in [1.29, 1.82) is 5.41 Å². The van der Waals surface area contributed by atoms with Gasteiger partial charge in [0.05, 0.1) is 6.21 Å². The molecule has 0 heterocycles. The molecule has 0 spiro atoms. The number of anilines is 1. The van der Waals surface area contributed by atoms with Crippen LogP contribution in [0.2, 0.25) is 0 Å². The summed E-state index contributed by atoms with van der Waals surface area (Å²) in [5.74, 6) is -0.886. The molecular formula is C16H20N2O3. The minimum atomic E-state index is -0.509. The number of hydrogen-bond donors (Lipinski definition) is 2. The number of hydrogen-bond acceptors (Lipinski definition) is 4. The highest BCUT2D eigenvalue weighted by atomic mass is 16.2. The lowest BCUT2D eigenvalue weighted by atomic mass is 9.97. The maximum atomic E-state index is 12.1. The van der Waals surface area contributed by atoms with Crippen molar-refractivity contribution in [3.63, 3.8) is 0 Å². The van der Waals surface area contributed by atoms with Crippen LogP contribution in [-0.2, 0) is 4.79 Å². The zero-order valence-electron chi connectivity index (χ0n) is 12.7. The van der Waals surface area contributed by atoms with E-state index < -0.39 is 5.78 Å². The van der Waals surface area contributed by atoms with Gasteiger partial charge in [-0.1, -0.05) is 20.8 Å². The van der Waals surface area contributed by atoms with Crippen molar-refractivity contribution < 1.29 is 14.4 Å². The molecule has 0 aliphatic rings. The monoisotopic (exact) mass is 288 g/mol. The second kappa shape index (κ2) is 6.92. The third kappa shape index (κ3) is 4.34. The van der Waals surface area contributed by atoms with E-state index in [4.69, 9.17) is 5.41 Å². The molecule has 1 rings (SSSR count). The SMILES string of the molecule is CC(=O)c1cc(NC(=O)C(C)C(C)C)cc(C(=O)C=N)c1. The maximum Gasteiger partial charge on any atom is 0.227 e. The van der Waals surface area contributed by atoms with Gasteiger partial charge in [-0.25, -0.2) is 0 Å². The first-order chi connectivity index (χ1) is 9.76. The van der Waals surface area contributed by atoms with Crippen LogP contribution in [-0.4, -0.2) is 23.7 Å². The average Bonchev–Trinajstić information content (AvgIpc) is 2.44. The van der Waals surface area contributed by atoms with E-state index in [-0.39, 0.29) is 29.1 Å². The fourth-order valence-corrected chi connectivity index (χ4v) is 1.69. The Hall–Kier alpha value is -2.30. The number of amides is 1. The Morgan fingerprint density at radius 3 is 2.14 bits per heavy atom. The van der Waals surface area contributed by atoms with Crippen molar-refractivity contribution in [2.45, 2.75) is 27.7 Å². The van der Waals surface area contributed by atoms with Crippen molar-refractivity contribution in [2.24, 2.45) is 11.8 Å². The van der Waals surface area contributed by atoms with Crippen LogP contribution in [0.3, 0.4) is 0 Å². The standard InChI is InChI=1S/C16H20N2O3/c1-9(2)10(3)16(21)18-14-6-12(11(4)19)5-13(7-14)15(20)8-17/h5-10,17H,1-4H3,(H,18,21). The van der Waals surface area contributed by atoms with Gasteiger partial charge in [0.2, 0.25) is 11.7 Å². The summed E-state index contributed by atoms with van der Waals surface area (Å²) in [4.78, 5) is 35.2. The Morgan fingerprint density at radius 2 is 1.67 bits per heavy atom. The predicted octanol–water partition coefficient (Wildman–Crippen LogP) is 2.95. The summed E-state index contributed by atoms with van der Waals surface area (Å²) < 4.78 is 0. The largest absolute Gasteiger partial charge is 0.326 e.